The van der Waals surface area contributed by atoms with Gasteiger partial charge in [0.2, 0.25) is 5.91 Å². The molecule has 0 saturated carbocycles. The topological polar surface area (TPSA) is 173 Å². The number of carbonyl (C=O) groups excluding carboxylic acids is 1. The van der Waals surface area contributed by atoms with Gasteiger partial charge in [0.25, 0.3) is 0 Å². The number of nitrogens with one attached hydrogen (secondary N) is 1. The number of aliphatic hydroxyl groups excluding tert-OH is 2. The lowest BCUT2D eigenvalue weighted by atomic mass is 10.4. The van der Waals surface area contributed by atoms with Gasteiger partial charge >= 0.3 is 11.9 Å². The van der Waals surface area contributed by atoms with E-state index in [2.05, 4.69) is 11.1 Å². The van der Waals surface area contributed by atoms with E-state index in [1.807, 2.05) is 0 Å². The summed E-state index contributed by atoms with van der Waals surface area (Å²) in [6, 6.07) is 0. The Bertz CT molecular complexity index is 279. The molecular weight excluding hydrogens is 274 g/mol. The fourth-order valence-electron chi connectivity index (χ4n) is 1.04. The van der Waals surface area contributed by atoms with Crippen LogP contribution in [0.15, 0.2) is 0 Å². The Balaban J connectivity index is 0. The maximum atomic E-state index is 10.2. The summed E-state index contributed by atoms with van der Waals surface area (Å²) in [7, 11) is 0. The van der Waals surface area contributed by atoms with Crippen LogP contribution in [0, 0.1) is 0 Å². The van der Waals surface area contributed by atoms with Crippen LogP contribution in [-0.4, -0.2) is 89.1 Å². The number of aliphatic carboxylic acids is 2. The maximum Gasteiger partial charge on any atom is 0.317 e. The zero-order valence-corrected chi connectivity index (χ0v) is 11.0. The number of aliphatic hydroxyl groups is 2. The average molecular weight is 295 g/mol. The van der Waals surface area contributed by atoms with Crippen molar-refractivity contribution in [1.82, 2.24) is 10.2 Å². The molecule has 10 heteroatoms. The molecule has 118 valence electrons. The largest absolute Gasteiger partial charge is 0.480 e. The van der Waals surface area contributed by atoms with E-state index in [1.54, 1.807) is 0 Å². The van der Waals surface area contributed by atoms with Crippen LogP contribution in [0.25, 0.3) is 0 Å². The molecule has 0 aliphatic rings. The average Bonchev–Trinajstić information content (AvgIpc) is 2.28. The molecule has 0 atom stereocenters. The molecule has 0 saturated heterocycles. The molecule has 0 radical (unpaired) electrons. The van der Waals surface area contributed by atoms with Crippen molar-refractivity contribution in [1.29, 1.82) is 0 Å². The highest BCUT2D eigenvalue weighted by Crippen LogP contribution is 1.85. The van der Waals surface area contributed by atoms with E-state index in [-0.39, 0.29) is 45.9 Å². The van der Waals surface area contributed by atoms with E-state index in [4.69, 9.17) is 20.4 Å². The van der Waals surface area contributed by atoms with Crippen LogP contribution in [0.5, 0.6) is 0 Å². The molecule has 7 N–H and O–H groups in total. The van der Waals surface area contributed by atoms with Crippen molar-refractivity contribution in [3.8, 4) is 0 Å². The molecule has 0 rings (SSSR count). The van der Waals surface area contributed by atoms with Crippen LogP contribution in [0.3, 0.4) is 0 Å². The van der Waals surface area contributed by atoms with E-state index in [1.165, 1.54) is 4.90 Å². The third-order valence-electron chi connectivity index (χ3n) is 1.77. The van der Waals surface area contributed by atoms with Crippen LogP contribution in [-0.2, 0) is 14.4 Å². The van der Waals surface area contributed by atoms with E-state index in [0.717, 1.165) is 0 Å². The van der Waals surface area contributed by atoms with Crippen LogP contribution < -0.4 is 11.1 Å². The van der Waals surface area contributed by atoms with Gasteiger partial charge in [-0.3, -0.25) is 24.6 Å². The Kier molecular flexibility index (Phi) is 14.1. The smallest absolute Gasteiger partial charge is 0.317 e. The minimum Gasteiger partial charge on any atom is -0.480 e. The van der Waals surface area contributed by atoms with Gasteiger partial charge in [0.1, 0.15) is 0 Å². The van der Waals surface area contributed by atoms with E-state index >= 15 is 0 Å². The molecule has 0 aromatic heterocycles. The van der Waals surface area contributed by atoms with Crippen molar-refractivity contribution in [3.63, 3.8) is 0 Å². The molecule has 0 fully saturated rings. The van der Waals surface area contributed by atoms with Crippen molar-refractivity contribution in [2.45, 2.75) is 0 Å². The first-order chi connectivity index (χ1) is 9.33. The molecule has 0 aliphatic carbocycles. The second-order valence-corrected chi connectivity index (χ2v) is 3.58. The second-order valence-electron chi connectivity index (χ2n) is 3.58. The second kappa shape index (κ2) is 13.7. The number of hydrogen-bond donors (Lipinski definition) is 6. The number of amides is 1. The zero-order valence-electron chi connectivity index (χ0n) is 11.0. The number of nitrogens with zero attached hydrogens (tertiary/aromatic N) is 1. The van der Waals surface area contributed by atoms with Crippen molar-refractivity contribution < 1.29 is 34.8 Å². The van der Waals surface area contributed by atoms with Crippen molar-refractivity contribution in [2.75, 3.05) is 45.9 Å². The summed E-state index contributed by atoms with van der Waals surface area (Å²) < 4.78 is 0. The Labute approximate surface area is 115 Å². The Morgan fingerprint density at radius 3 is 1.75 bits per heavy atom. The number of carboxylic acids is 2. The molecule has 0 aliphatic heterocycles. The number of hydrogen-bond acceptors (Lipinski definition) is 7. The SMILES string of the molecule is NC(=O)CNCC(=O)O.O=C(O)CN(CCO)CCO. The molecule has 0 aromatic carbocycles. The van der Waals surface area contributed by atoms with Crippen LogP contribution in [0.2, 0.25) is 0 Å². The van der Waals surface area contributed by atoms with Crippen molar-refractivity contribution in [3.05, 3.63) is 0 Å². The monoisotopic (exact) mass is 295 g/mol. The highest BCUT2D eigenvalue weighted by Gasteiger charge is 2.06. The van der Waals surface area contributed by atoms with E-state index < -0.39 is 17.8 Å². The van der Waals surface area contributed by atoms with Gasteiger partial charge in [0, 0.05) is 13.1 Å². The van der Waals surface area contributed by atoms with Crippen LogP contribution in [0.1, 0.15) is 0 Å². The summed E-state index contributed by atoms with van der Waals surface area (Å²) in [6.45, 7) is -0.0728. The molecule has 0 heterocycles. The zero-order chi connectivity index (χ0) is 16.0. The Morgan fingerprint density at radius 1 is 0.950 bits per heavy atom. The predicted octanol–water partition coefficient (Wildman–Crippen LogP) is -3.50. The summed E-state index contributed by atoms with van der Waals surface area (Å²) >= 11 is 0. The molecule has 0 aromatic rings. The standard InChI is InChI=1S/C6H13NO4.C4H8N2O3/c8-3-1-7(2-4-9)5-6(10)11;5-3(7)1-6-2-4(8)9/h8-9H,1-5H2,(H,10,11);6H,1-2H2,(H2,5,7)(H,8,9). The molecule has 10 nitrogen and oxygen atoms in total. The van der Waals surface area contributed by atoms with Gasteiger partial charge in [-0.1, -0.05) is 0 Å². The highest BCUT2D eigenvalue weighted by molar-refractivity contribution is 5.77. The summed E-state index contributed by atoms with van der Waals surface area (Å²) in [4.78, 5) is 31.3. The van der Waals surface area contributed by atoms with Gasteiger partial charge in [0.05, 0.1) is 32.8 Å². The van der Waals surface area contributed by atoms with Crippen molar-refractivity contribution >= 4 is 17.8 Å². The minimum absolute atomic E-state index is 0.0900. The lowest BCUT2D eigenvalue weighted by Gasteiger charge is -2.16. The van der Waals surface area contributed by atoms with Crippen LogP contribution >= 0.6 is 0 Å². The van der Waals surface area contributed by atoms with Gasteiger partial charge < -0.3 is 26.2 Å². The number of carboxylic acid groups (broad SMARTS) is 2. The number of rotatable bonds is 10. The van der Waals surface area contributed by atoms with Gasteiger partial charge in [-0.05, 0) is 0 Å². The summed E-state index contributed by atoms with van der Waals surface area (Å²) in [5, 5.41) is 35.6. The van der Waals surface area contributed by atoms with E-state index in [9.17, 15) is 14.4 Å². The highest BCUT2D eigenvalue weighted by atomic mass is 16.4. The Morgan fingerprint density at radius 2 is 1.45 bits per heavy atom. The molecule has 0 unspecified atom stereocenters. The number of nitrogens with two attached hydrogens (primary N) is 1. The maximum absolute atomic E-state index is 10.2. The molecule has 0 bridgehead atoms. The van der Waals surface area contributed by atoms with Gasteiger partial charge in [0.15, 0.2) is 0 Å². The fourth-order valence-corrected chi connectivity index (χ4v) is 1.04. The van der Waals surface area contributed by atoms with Gasteiger partial charge in [-0.25, -0.2) is 0 Å². The normalized spacial score (nSPS) is 9.75. The molecule has 0 spiro atoms. The third kappa shape index (κ3) is 18.6. The fraction of sp³-hybridized carbons (Fsp3) is 0.700. The van der Waals surface area contributed by atoms with E-state index in [0.29, 0.717) is 0 Å². The molecular formula is C10H21N3O7. The first-order valence-electron chi connectivity index (χ1n) is 5.70. The third-order valence-corrected chi connectivity index (χ3v) is 1.77. The quantitative estimate of drug-likeness (QED) is 0.239. The summed E-state index contributed by atoms with van der Waals surface area (Å²) in [5.74, 6) is -2.51. The lowest BCUT2D eigenvalue weighted by molar-refractivity contribution is -0.138. The number of carbonyl (C=O) groups is 3. The van der Waals surface area contributed by atoms with Gasteiger partial charge in [-0.2, -0.15) is 0 Å². The predicted molar refractivity (Wildman–Crippen MR) is 67.9 cm³/mol. The minimum atomic E-state index is -1.00. The Hall–Kier alpha value is -1.75. The summed E-state index contributed by atoms with van der Waals surface area (Å²) in [6.07, 6.45) is 0. The van der Waals surface area contributed by atoms with Crippen molar-refractivity contribution in [2.24, 2.45) is 5.73 Å². The van der Waals surface area contributed by atoms with Gasteiger partial charge in [-0.15, -0.1) is 0 Å². The first kappa shape index (κ1) is 20.6. The van der Waals surface area contributed by atoms with Crippen LogP contribution in [0.4, 0.5) is 0 Å². The first-order valence-corrected chi connectivity index (χ1v) is 5.70. The molecule has 20 heavy (non-hydrogen) atoms. The summed E-state index contributed by atoms with van der Waals surface area (Å²) in [5.41, 5.74) is 4.68. The lowest BCUT2D eigenvalue weighted by Crippen LogP contribution is -2.34. The molecule has 1 amide bonds. The number of primary amides is 1.